The highest BCUT2D eigenvalue weighted by Crippen LogP contribution is 2.16. The number of carbonyl (C=O) groups excluding carboxylic acids is 1. The fraction of sp³-hybridized carbons (Fsp3) is 0.250. The summed E-state index contributed by atoms with van der Waals surface area (Å²) < 4.78 is 8.85. The van der Waals surface area contributed by atoms with Gasteiger partial charge < -0.3 is 14.6 Å². The van der Waals surface area contributed by atoms with Crippen molar-refractivity contribution >= 4 is 22.8 Å². The number of hydrogen-bond acceptors (Lipinski definition) is 5. The fourth-order valence-corrected chi connectivity index (χ4v) is 2.61. The second-order valence-corrected chi connectivity index (χ2v) is 5.53. The van der Waals surface area contributed by atoms with Crippen molar-refractivity contribution in [2.75, 3.05) is 12.4 Å². The van der Waals surface area contributed by atoms with Gasteiger partial charge in [0.1, 0.15) is 17.9 Å². The van der Waals surface area contributed by atoms with Crippen LogP contribution in [0.2, 0.25) is 0 Å². The van der Waals surface area contributed by atoms with Crippen LogP contribution in [0.3, 0.4) is 0 Å². The molecule has 1 amide bonds. The molecule has 9 nitrogen and oxygen atoms in total. The van der Waals surface area contributed by atoms with Crippen molar-refractivity contribution < 1.29 is 9.53 Å². The summed E-state index contributed by atoms with van der Waals surface area (Å²) in [6.07, 6.45) is 1.37. The number of anilines is 1. The number of nitrogens with zero attached hydrogens (tertiary/aromatic N) is 4. The summed E-state index contributed by atoms with van der Waals surface area (Å²) in [7, 11) is 4.46. The maximum Gasteiger partial charge on any atom is 0.332 e. The summed E-state index contributed by atoms with van der Waals surface area (Å²) in [5, 5.41) is 2.74. The lowest BCUT2D eigenvalue weighted by Gasteiger charge is -2.10. The Morgan fingerprint density at radius 1 is 1.24 bits per heavy atom. The Labute approximate surface area is 142 Å². The number of rotatable bonds is 4. The molecule has 3 rings (SSSR count). The van der Waals surface area contributed by atoms with E-state index in [0.717, 1.165) is 4.57 Å². The molecule has 0 unspecified atom stereocenters. The quantitative estimate of drug-likeness (QED) is 0.723. The van der Waals surface area contributed by atoms with Gasteiger partial charge in [-0.25, -0.2) is 9.78 Å². The Morgan fingerprint density at radius 3 is 2.72 bits per heavy atom. The average Bonchev–Trinajstić information content (AvgIpc) is 3.01. The second-order valence-electron chi connectivity index (χ2n) is 5.53. The predicted molar refractivity (Wildman–Crippen MR) is 91.8 cm³/mol. The lowest BCUT2D eigenvalue weighted by atomic mass is 10.3. The van der Waals surface area contributed by atoms with Gasteiger partial charge in [0.15, 0.2) is 5.52 Å². The maximum absolute atomic E-state index is 12.3. The number of imidazole rings is 1. The smallest absolute Gasteiger partial charge is 0.332 e. The van der Waals surface area contributed by atoms with Gasteiger partial charge in [0.25, 0.3) is 5.56 Å². The third-order valence-corrected chi connectivity index (χ3v) is 3.88. The molecular weight excluding hydrogens is 326 g/mol. The van der Waals surface area contributed by atoms with Crippen LogP contribution in [-0.2, 0) is 25.4 Å². The SMILES string of the molecule is COc1cccc(NC(=O)Cn2cnc3c(=O)n(C)c(=O)n(C)c32)c1. The monoisotopic (exact) mass is 343 g/mol. The summed E-state index contributed by atoms with van der Waals surface area (Å²) >= 11 is 0. The van der Waals surface area contributed by atoms with Crippen molar-refractivity contribution in [1.82, 2.24) is 18.7 Å². The van der Waals surface area contributed by atoms with Gasteiger partial charge in [-0.15, -0.1) is 0 Å². The van der Waals surface area contributed by atoms with Gasteiger partial charge in [0.05, 0.1) is 13.4 Å². The Balaban J connectivity index is 1.92. The van der Waals surface area contributed by atoms with Crippen molar-refractivity contribution in [3.63, 3.8) is 0 Å². The van der Waals surface area contributed by atoms with E-state index in [1.54, 1.807) is 31.4 Å². The van der Waals surface area contributed by atoms with Crippen LogP contribution in [0.15, 0.2) is 40.2 Å². The van der Waals surface area contributed by atoms with E-state index in [4.69, 9.17) is 4.74 Å². The molecule has 0 radical (unpaired) electrons. The number of amides is 1. The summed E-state index contributed by atoms with van der Waals surface area (Å²) in [6, 6.07) is 6.95. The Morgan fingerprint density at radius 2 is 2.00 bits per heavy atom. The van der Waals surface area contributed by atoms with Crippen molar-refractivity contribution in [3.8, 4) is 5.75 Å². The van der Waals surface area contributed by atoms with Crippen LogP contribution in [0.25, 0.3) is 11.2 Å². The lowest BCUT2D eigenvalue weighted by Crippen LogP contribution is -2.37. The van der Waals surface area contributed by atoms with E-state index in [-0.39, 0.29) is 18.0 Å². The van der Waals surface area contributed by atoms with E-state index in [0.29, 0.717) is 17.1 Å². The molecule has 1 aromatic carbocycles. The van der Waals surface area contributed by atoms with Crippen LogP contribution >= 0.6 is 0 Å². The first-order valence-electron chi connectivity index (χ1n) is 7.47. The van der Waals surface area contributed by atoms with Crippen molar-refractivity contribution in [3.05, 3.63) is 51.4 Å². The van der Waals surface area contributed by atoms with Gasteiger partial charge in [-0.05, 0) is 12.1 Å². The molecule has 0 spiro atoms. The van der Waals surface area contributed by atoms with Crippen LogP contribution in [0.5, 0.6) is 5.75 Å². The summed E-state index contributed by atoms with van der Waals surface area (Å²) in [5.41, 5.74) is 0.0451. The molecule has 1 N–H and O–H groups in total. The molecular formula is C16H17N5O4. The van der Waals surface area contributed by atoms with Gasteiger partial charge in [-0.3, -0.25) is 18.7 Å². The molecule has 2 aromatic heterocycles. The first-order chi connectivity index (χ1) is 11.9. The third kappa shape index (κ3) is 2.91. The number of carbonyl (C=O) groups is 1. The number of fused-ring (bicyclic) bond motifs is 1. The zero-order chi connectivity index (χ0) is 18.1. The molecule has 0 atom stereocenters. The Kier molecular flexibility index (Phi) is 4.14. The first kappa shape index (κ1) is 16.5. The predicted octanol–water partition coefficient (Wildman–Crippen LogP) is 0.0810. The molecule has 0 saturated carbocycles. The number of ether oxygens (including phenoxy) is 1. The lowest BCUT2D eigenvalue weighted by molar-refractivity contribution is -0.116. The van der Waals surface area contributed by atoms with Gasteiger partial charge >= 0.3 is 5.69 Å². The summed E-state index contributed by atoms with van der Waals surface area (Å²) in [6.45, 7) is -0.0891. The average molecular weight is 343 g/mol. The van der Waals surface area contributed by atoms with Crippen LogP contribution in [0, 0.1) is 0 Å². The van der Waals surface area contributed by atoms with Crippen LogP contribution in [0.1, 0.15) is 0 Å². The first-order valence-corrected chi connectivity index (χ1v) is 7.47. The zero-order valence-corrected chi connectivity index (χ0v) is 14.0. The molecule has 3 aromatic rings. The molecule has 0 fully saturated rings. The highest BCUT2D eigenvalue weighted by atomic mass is 16.5. The van der Waals surface area contributed by atoms with Crippen LogP contribution < -0.4 is 21.3 Å². The van der Waals surface area contributed by atoms with E-state index in [2.05, 4.69) is 10.3 Å². The minimum Gasteiger partial charge on any atom is -0.497 e. The fourth-order valence-electron chi connectivity index (χ4n) is 2.61. The largest absolute Gasteiger partial charge is 0.497 e. The second kappa shape index (κ2) is 6.27. The van der Waals surface area contributed by atoms with Gasteiger partial charge in [-0.1, -0.05) is 6.07 Å². The van der Waals surface area contributed by atoms with Crippen LogP contribution in [-0.4, -0.2) is 31.7 Å². The Hall–Kier alpha value is -3.36. The molecule has 130 valence electrons. The highest BCUT2D eigenvalue weighted by Gasteiger charge is 2.15. The minimum atomic E-state index is -0.495. The van der Waals surface area contributed by atoms with E-state index in [9.17, 15) is 14.4 Å². The molecule has 25 heavy (non-hydrogen) atoms. The highest BCUT2D eigenvalue weighted by molar-refractivity contribution is 5.91. The zero-order valence-electron chi connectivity index (χ0n) is 14.0. The molecule has 0 aliphatic heterocycles. The molecule has 9 heteroatoms. The topological polar surface area (TPSA) is 100 Å². The van der Waals surface area contributed by atoms with Crippen LogP contribution in [0.4, 0.5) is 5.69 Å². The molecule has 2 heterocycles. The molecule has 0 aliphatic rings. The molecule has 0 saturated heterocycles. The molecule has 0 aliphatic carbocycles. The number of nitrogens with one attached hydrogen (secondary N) is 1. The number of benzene rings is 1. The van der Waals surface area contributed by atoms with Gasteiger partial charge in [0, 0.05) is 25.8 Å². The summed E-state index contributed by atoms with van der Waals surface area (Å²) in [4.78, 5) is 40.5. The van der Waals surface area contributed by atoms with E-state index >= 15 is 0 Å². The van der Waals surface area contributed by atoms with Crippen molar-refractivity contribution in [2.24, 2.45) is 14.1 Å². The summed E-state index contributed by atoms with van der Waals surface area (Å²) in [5.74, 6) is 0.303. The number of methoxy groups -OCH3 is 1. The number of aromatic nitrogens is 4. The van der Waals surface area contributed by atoms with E-state index in [1.807, 2.05) is 0 Å². The van der Waals surface area contributed by atoms with E-state index < -0.39 is 11.2 Å². The van der Waals surface area contributed by atoms with Gasteiger partial charge in [0.2, 0.25) is 5.91 Å². The normalized spacial score (nSPS) is 10.8. The minimum absolute atomic E-state index is 0.0891. The van der Waals surface area contributed by atoms with Crippen molar-refractivity contribution in [2.45, 2.75) is 6.54 Å². The third-order valence-electron chi connectivity index (χ3n) is 3.88. The van der Waals surface area contributed by atoms with Gasteiger partial charge in [-0.2, -0.15) is 0 Å². The number of aryl methyl sites for hydroxylation is 1. The molecule has 0 bridgehead atoms. The standard InChI is InChI=1S/C16H17N5O4/c1-19-14-13(15(23)20(2)16(19)24)17-9-21(14)8-12(22)18-10-5-4-6-11(7-10)25-3/h4-7,9H,8H2,1-3H3,(H,18,22). The maximum atomic E-state index is 12.3. The van der Waals surface area contributed by atoms with E-state index in [1.165, 1.54) is 29.6 Å². The van der Waals surface area contributed by atoms with Crippen molar-refractivity contribution in [1.29, 1.82) is 0 Å². The number of hydrogen-bond donors (Lipinski definition) is 1. The Bertz CT molecular complexity index is 1080.